The highest BCUT2D eigenvalue weighted by molar-refractivity contribution is 9.10. The van der Waals surface area contributed by atoms with Crippen LogP contribution in [0.25, 0.3) is 0 Å². The van der Waals surface area contributed by atoms with Gasteiger partial charge in [-0.05, 0) is 40.9 Å². The molecule has 6 nitrogen and oxygen atoms in total. The van der Waals surface area contributed by atoms with Gasteiger partial charge in [0.15, 0.2) is 10.4 Å². The van der Waals surface area contributed by atoms with E-state index in [1.165, 1.54) is 10.6 Å². The number of piperidine rings is 1. The summed E-state index contributed by atoms with van der Waals surface area (Å²) in [5.74, 6) is 0.142. The monoisotopic (exact) mass is 364 g/mol. The number of hydrogen-bond acceptors (Lipinski definition) is 4. The van der Waals surface area contributed by atoms with Crippen LogP contribution in [-0.4, -0.2) is 56.0 Å². The maximum atomic E-state index is 12.2. The summed E-state index contributed by atoms with van der Waals surface area (Å²) in [5.41, 5.74) is 0. The minimum absolute atomic E-state index is 0.0441. The standard InChI is InChI=1S/C12H17BrN2O4S/c1-14(20(2,17)18)9-5-7-15(8-6-9)12(16)10-3-4-11(13)19-10/h3-4,9H,5-8H2,1-2H3. The number of nitrogens with zero attached hydrogens (tertiary/aromatic N) is 2. The molecule has 0 spiro atoms. The van der Waals surface area contributed by atoms with Crippen LogP contribution in [-0.2, 0) is 10.0 Å². The third-order valence-electron chi connectivity index (χ3n) is 3.57. The smallest absolute Gasteiger partial charge is 0.289 e. The van der Waals surface area contributed by atoms with Gasteiger partial charge in [0.05, 0.1) is 6.26 Å². The number of carbonyl (C=O) groups excluding carboxylic acids is 1. The fourth-order valence-electron chi connectivity index (χ4n) is 2.29. The quantitative estimate of drug-likeness (QED) is 0.815. The lowest BCUT2D eigenvalue weighted by atomic mass is 10.1. The van der Waals surface area contributed by atoms with Gasteiger partial charge in [-0.1, -0.05) is 0 Å². The molecular formula is C12H17BrN2O4S. The summed E-state index contributed by atoms with van der Waals surface area (Å²) in [6.45, 7) is 1.06. The van der Waals surface area contributed by atoms with E-state index >= 15 is 0 Å². The molecule has 1 saturated heterocycles. The van der Waals surface area contributed by atoms with Crippen molar-refractivity contribution in [2.24, 2.45) is 0 Å². The SMILES string of the molecule is CN(C1CCN(C(=O)c2ccc(Br)o2)CC1)S(C)(=O)=O. The van der Waals surface area contributed by atoms with Gasteiger partial charge in [0.1, 0.15) is 0 Å². The van der Waals surface area contributed by atoms with Crippen LogP contribution in [0.4, 0.5) is 0 Å². The zero-order chi connectivity index (χ0) is 14.9. The summed E-state index contributed by atoms with van der Waals surface area (Å²) in [7, 11) is -1.60. The zero-order valence-electron chi connectivity index (χ0n) is 11.4. The number of sulfonamides is 1. The molecule has 2 rings (SSSR count). The second kappa shape index (κ2) is 5.87. The molecule has 0 bridgehead atoms. The van der Waals surface area contributed by atoms with Gasteiger partial charge in [0, 0.05) is 26.2 Å². The number of furan rings is 1. The Hall–Kier alpha value is -0.860. The first-order valence-corrected chi connectivity index (χ1v) is 8.91. The maximum absolute atomic E-state index is 12.2. The molecule has 1 aromatic heterocycles. The van der Waals surface area contributed by atoms with Crippen LogP contribution in [0.5, 0.6) is 0 Å². The van der Waals surface area contributed by atoms with Crippen molar-refractivity contribution in [2.75, 3.05) is 26.4 Å². The van der Waals surface area contributed by atoms with Crippen molar-refractivity contribution < 1.29 is 17.6 Å². The van der Waals surface area contributed by atoms with Gasteiger partial charge in [-0.25, -0.2) is 12.7 Å². The lowest BCUT2D eigenvalue weighted by Crippen LogP contribution is -2.46. The van der Waals surface area contributed by atoms with E-state index < -0.39 is 10.0 Å². The first-order valence-electron chi connectivity index (χ1n) is 6.26. The lowest BCUT2D eigenvalue weighted by Gasteiger charge is -2.35. The Morgan fingerprint density at radius 1 is 1.40 bits per heavy atom. The van der Waals surface area contributed by atoms with E-state index in [4.69, 9.17) is 4.42 Å². The molecule has 0 N–H and O–H groups in total. The van der Waals surface area contributed by atoms with E-state index in [2.05, 4.69) is 15.9 Å². The Bertz CT molecular complexity index is 590. The second-order valence-electron chi connectivity index (χ2n) is 4.91. The van der Waals surface area contributed by atoms with Crippen molar-refractivity contribution in [3.05, 3.63) is 22.6 Å². The van der Waals surface area contributed by atoms with E-state index in [1.807, 2.05) is 0 Å². The van der Waals surface area contributed by atoms with E-state index in [0.717, 1.165) is 0 Å². The highest BCUT2D eigenvalue weighted by Gasteiger charge is 2.30. The average molecular weight is 365 g/mol. The largest absolute Gasteiger partial charge is 0.444 e. The van der Waals surface area contributed by atoms with Gasteiger partial charge >= 0.3 is 0 Å². The van der Waals surface area contributed by atoms with Crippen LogP contribution in [0.15, 0.2) is 21.2 Å². The summed E-state index contributed by atoms with van der Waals surface area (Å²) < 4.78 is 30.1. The molecule has 20 heavy (non-hydrogen) atoms. The molecule has 8 heteroatoms. The number of halogens is 1. The first kappa shape index (κ1) is 15.5. The molecule has 1 aliphatic rings. The predicted molar refractivity (Wildman–Crippen MR) is 77.9 cm³/mol. The lowest BCUT2D eigenvalue weighted by molar-refractivity contribution is 0.0653. The van der Waals surface area contributed by atoms with Crippen LogP contribution >= 0.6 is 15.9 Å². The summed E-state index contributed by atoms with van der Waals surface area (Å²) in [4.78, 5) is 13.9. The van der Waals surface area contributed by atoms with Gasteiger partial charge < -0.3 is 9.32 Å². The van der Waals surface area contributed by atoms with Crippen molar-refractivity contribution >= 4 is 31.9 Å². The number of carbonyl (C=O) groups is 1. The summed E-state index contributed by atoms with van der Waals surface area (Å²) in [6, 6.07) is 3.26. The normalized spacial score (nSPS) is 17.7. The molecule has 2 heterocycles. The van der Waals surface area contributed by atoms with Crippen LogP contribution in [0.1, 0.15) is 23.4 Å². The number of likely N-dealkylation sites (tertiary alicyclic amines) is 1. The second-order valence-corrected chi connectivity index (χ2v) is 7.73. The molecule has 0 unspecified atom stereocenters. The Kier molecular flexibility index (Phi) is 4.55. The molecule has 0 saturated carbocycles. The molecule has 0 atom stereocenters. The van der Waals surface area contributed by atoms with Gasteiger partial charge in [-0.2, -0.15) is 0 Å². The third-order valence-corrected chi connectivity index (χ3v) is 5.34. The highest BCUT2D eigenvalue weighted by atomic mass is 79.9. The van der Waals surface area contributed by atoms with Crippen molar-refractivity contribution in [1.29, 1.82) is 0 Å². The van der Waals surface area contributed by atoms with Crippen molar-refractivity contribution in [3.8, 4) is 0 Å². The van der Waals surface area contributed by atoms with Gasteiger partial charge in [-0.15, -0.1) is 0 Å². The number of amides is 1. The number of rotatable bonds is 3. The average Bonchev–Trinajstić information content (AvgIpc) is 2.83. The first-order chi connectivity index (χ1) is 9.29. The predicted octanol–water partition coefficient (Wildman–Crippen LogP) is 1.54. The Morgan fingerprint density at radius 3 is 2.45 bits per heavy atom. The maximum Gasteiger partial charge on any atom is 0.289 e. The molecule has 1 amide bonds. The summed E-state index contributed by atoms with van der Waals surface area (Å²) in [5, 5.41) is 0. The van der Waals surface area contributed by atoms with E-state index in [1.54, 1.807) is 24.1 Å². The Labute approximate surface area is 126 Å². The fourth-order valence-corrected chi connectivity index (χ4v) is 3.35. The van der Waals surface area contributed by atoms with Crippen molar-refractivity contribution in [2.45, 2.75) is 18.9 Å². The van der Waals surface area contributed by atoms with Crippen molar-refractivity contribution in [1.82, 2.24) is 9.21 Å². The zero-order valence-corrected chi connectivity index (χ0v) is 13.8. The van der Waals surface area contributed by atoms with Gasteiger partial charge in [0.25, 0.3) is 5.91 Å². The van der Waals surface area contributed by atoms with Crippen molar-refractivity contribution in [3.63, 3.8) is 0 Å². The Morgan fingerprint density at radius 2 is 2.00 bits per heavy atom. The van der Waals surface area contributed by atoms with Crippen LogP contribution in [0.2, 0.25) is 0 Å². The summed E-state index contributed by atoms with van der Waals surface area (Å²) >= 11 is 3.16. The van der Waals surface area contributed by atoms with Crippen LogP contribution in [0, 0.1) is 0 Å². The van der Waals surface area contributed by atoms with Crippen LogP contribution in [0.3, 0.4) is 0 Å². The van der Waals surface area contributed by atoms with Crippen LogP contribution < -0.4 is 0 Å². The minimum atomic E-state index is -3.18. The third kappa shape index (κ3) is 3.42. The highest BCUT2D eigenvalue weighted by Crippen LogP contribution is 2.21. The number of hydrogen-bond donors (Lipinski definition) is 0. The fraction of sp³-hybridized carbons (Fsp3) is 0.583. The molecule has 1 aromatic rings. The topological polar surface area (TPSA) is 70.8 Å². The Balaban J connectivity index is 1.96. The molecule has 0 aliphatic carbocycles. The molecule has 1 aliphatic heterocycles. The molecule has 112 valence electrons. The molecule has 0 aromatic carbocycles. The van der Waals surface area contributed by atoms with Gasteiger partial charge in [-0.3, -0.25) is 4.79 Å². The van der Waals surface area contributed by atoms with E-state index in [-0.39, 0.29) is 11.9 Å². The summed E-state index contributed by atoms with van der Waals surface area (Å²) in [6.07, 6.45) is 2.47. The van der Waals surface area contributed by atoms with E-state index in [9.17, 15) is 13.2 Å². The molecule has 1 fully saturated rings. The molecular weight excluding hydrogens is 348 g/mol. The molecule has 0 radical (unpaired) electrons. The van der Waals surface area contributed by atoms with Gasteiger partial charge in [0.2, 0.25) is 10.0 Å². The van der Waals surface area contributed by atoms with E-state index in [0.29, 0.717) is 36.4 Å². The minimum Gasteiger partial charge on any atom is -0.444 e.